The molecule has 1 heterocycles. The quantitative estimate of drug-likeness (QED) is 0.216. The molecule has 1 aromatic heterocycles. The molecule has 4 aromatic carbocycles. The van der Waals surface area contributed by atoms with Gasteiger partial charge in [0.1, 0.15) is 0 Å². The molecule has 5 aromatic rings. The molecule has 0 aliphatic heterocycles. The summed E-state index contributed by atoms with van der Waals surface area (Å²) < 4.78 is 2.25. The van der Waals surface area contributed by atoms with Crippen molar-refractivity contribution in [3.8, 4) is 11.4 Å². The average molecular weight is 490 g/mol. The number of rotatable bonds is 7. The fourth-order valence-electron chi connectivity index (χ4n) is 4.31. The molecule has 0 unspecified atom stereocenters. The second-order valence-electron chi connectivity index (χ2n) is 10.0. The van der Waals surface area contributed by atoms with Crippen molar-refractivity contribution in [3.05, 3.63) is 138 Å². The van der Waals surface area contributed by atoms with Crippen molar-refractivity contribution in [3.63, 3.8) is 0 Å². The van der Waals surface area contributed by atoms with Crippen LogP contribution in [0.3, 0.4) is 0 Å². The van der Waals surface area contributed by atoms with E-state index >= 15 is 0 Å². The van der Waals surface area contributed by atoms with Crippen LogP contribution in [0.4, 0.5) is 0 Å². The largest absolute Gasteiger partial charge is 0.298 e. The van der Waals surface area contributed by atoms with E-state index in [1.54, 1.807) is 11.8 Å². The molecule has 0 aliphatic rings. The Morgan fingerprint density at radius 1 is 0.667 bits per heavy atom. The van der Waals surface area contributed by atoms with Crippen molar-refractivity contribution in [1.82, 2.24) is 14.8 Å². The van der Waals surface area contributed by atoms with Gasteiger partial charge in [-0.15, -0.1) is 10.2 Å². The number of aromatic nitrogens is 3. The van der Waals surface area contributed by atoms with Gasteiger partial charge in [0.2, 0.25) is 0 Å². The van der Waals surface area contributed by atoms with E-state index in [1.165, 1.54) is 22.3 Å². The Bertz CT molecular complexity index is 1350. The molecule has 0 atom stereocenters. The summed E-state index contributed by atoms with van der Waals surface area (Å²) >= 11 is 1.75. The molecule has 0 spiro atoms. The summed E-state index contributed by atoms with van der Waals surface area (Å²) in [5.74, 6) is 0.890. The molecular formula is C32H31N3S. The van der Waals surface area contributed by atoms with E-state index in [9.17, 15) is 0 Å². The van der Waals surface area contributed by atoms with Gasteiger partial charge in [-0.2, -0.15) is 0 Å². The zero-order chi connectivity index (χ0) is 25.0. The van der Waals surface area contributed by atoms with Crippen molar-refractivity contribution in [1.29, 1.82) is 0 Å². The van der Waals surface area contributed by atoms with Crippen molar-refractivity contribution < 1.29 is 0 Å². The molecule has 0 saturated carbocycles. The molecule has 36 heavy (non-hydrogen) atoms. The molecule has 0 saturated heterocycles. The van der Waals surface area contributed by atoms with E-state index in [4.69, 9.17) is 10.2 Å². The van der Waals surface area contributed by atoms with Crippen molar-refractivity contribution in [2.24, 2.45) is 0 Å². The highest BCUT2D eigenvalue weighted by molar-refractivity contribution is 7.99. The number of hydrogen-bond acceptors (Lipinski definition) is 3. The van der Waals surface area contributed by atoms with Crippen LogP contribution in [0, 0.1) is 0 Å². The minimum Gasteiger partial charge on any atom is -0.298 e. The summed E-state index contributed by atoms with van der Waals surface area (Å²) in [7, 11) is 0. The first-order valence-corrected chi connectivity index (χ1v) is 13.2. The first kappa shape index (κ1) is 24.1. The predicted molar refractivity (Wildman–Crippen MR) is 150 cm³/mol. The fourth-order valence-corrected chi connectivity index (χ4v) is 5.47. The molecule has 0 radical (unpaired) electrons. The second kappa shape index (κ2) is 10.5. The SMILES string of the molecule is CC(C)(C)c1ccc(-c2nnc(SC(c3ccccc3)c3ccccc3)n2Cc2ccccc2)cc1. The van der Waals surface area contributed by atoms with Gasteiger partial charge in [-0.05, 0) is 27.7 Å². The maximum absolute atomic E-state index is 4.73. The van der Waals surface area contributed by atoms with Crippen LogP contribution < -0.4 is 0 Å². The number of benzene rings is 4. The third-order valence-electron chi connectivity index (χ3n) is 6.34. The van der Waals surface area contributed by atoms with E-state index in [0.717, 1.165) is 16.5 Å². The third-order valence-corrected chi connectivity index (χ3v) is 7.63. The van der Waals surface area contributed by atoms with Crippen LogP contribution in [0.15, 0.2) is 120 Å². The Balaban J connectivity index is 1.57. The molecule has 0 bridgehead atoms. The molecule has 0 N–H and O–H groups in total. The standard InChI is InChI=1S/C32H31N3S/c1-32(2,3)28-21-19-27(20-22-28)30-33-34-31(35(30)23-24-13-7-4-8-14-24)36-29(25-15-9-5-10-16-25)26-17-11-6-12-18-26/h4-22,29H,23H2,1-3H3. The summed E-state index contributed by atoms with van der Waals surface area (Å²) in [6.07, 6.45) is 0. The fraction of sp³-hybridized carbons (Fsp3) is 0.188. The van der Waals surface area contributed by atoms with Crippen molar-refractivity contribution in [2.75, 3.05) is 0 Å². The zero-order valence-corrected chi connectivity index (χ0v) is 21.8. The van der Waals surface area contributed by atoms with Crippen molar-refractivity contribution in [2.45, 2.75) is 43.1 Å². The van der Waals surface area contributed by atoms with E-state index in [-0.39, 0.29) is 10.7 Å². The van der Waals surface area contributed by atoms with Gasteiger partial charge in [0, 0.05) is 5.56 Å². The smallest absolute Gasteiger partial charge is 0.192 e. The zero-order valence-electron chi connectivity index (χ0n) is 21.0. The van der Waals surface area contributed by atoms with Crippen LogP contribution in [0.2, 0.25) is 0 Å². The predicted octanol–water partition coefficient (Wildman–Crippen LogP) is 8.17. The topological polar surface area (TPSA) is 30.7 Å². The van der Waals surface area contributed by atoms with E-state index in [2.05, 4.69) is 141 Å². The van der Waals surface area contributed by atoms with Gasteiger partial charge < -0.3 is 0 Å². The lowest BCUT2D eigenvalue weighted by Crippen LogP contribution is -2.10. The molecular weight excluding hydrogens is 458 g/mol. The van der Waals surface area contributed by atoms with Crippen LogP contribution in [0.5, 0.6) is 0 Å². The maximum Gasteiger partial charge on any atom is 0.192 e. The molecule has 0 aliphatic carbocycles. The highest BCUT2D eigenvalue weighted by Crippen LogP contribution is 2.41. The Morgan fingerprint density at radius 3 is 1.72 bits per heavy atom. The molecule has 5 rings (SSSR count). The lowest BCUT2D eigenvalue weighted by molar-refractivity contribution is 0.590. The van der Waals surface area contributed by atoms with Crippen LogP contribution >= 0.6 is 11.8 Å². The summed E-state index contributed by atoms with van der Waals surface area (Å²) in [5.41, 5.74) is 6.22. The van der Waals surface area contributed by atoms with E-state index < -0.39 is 0 Å². The normalized spacial score (nSPS) is 11.7. The maximum atomic E-state index is 4.73. The average Bonchev–Trinajstić information content (AvgIpc) is 3.30. The first-order chi connectivity index (χ1) is 17.5. The van der Waals surface area contributed by atoms with Crippen LogP contribution in [-0.4, -0.2) is 14.8 Å². The monoisotopic (exact) mass is 489 g/mol. The van der Waals surface area contributed by atoms with Crippen molar-refractivity contribution >= 4 is 11.8 Å². The summed E-state index contributed by atoms with van der Waals surface area (Å²) in [6.45, 7) is 7.43. The molecule has 4 heteroatoms. The van der Waals surface area contributed by atoms with Gasteiger partial charge in [-0.3, -0.25) is 4.57 Å². The van der Waals surface area contributed by atoms with E-state index in [0.29, 0.717) is 6.54 Å². The Labute approximate surface area is 218 Å². The van der Waals surface area contributed by atoms with E-state index in [1.807, 2.05) is 0 Å². The number of hydrogen-bond donors (Lipinski definition) is 0. The van der Waals surface area contributed by atoms with Gasteiger partial charge in [-0.25, -0.2) is 0 Å². The summed E-state index contributed by atoms with van der Waals surface area (Å²) in [4.78, 5) is 0. The van der Waals surface area contributed by atoms with Gasteiger partial charge in [0.25, 0.3) is 0 Å². The summed E-state index contributed by atoms with van der Waals surface area (Å²) in [6, 6.07) is 40.6. The first-order valence-electron chi connectivity index (χ1n) is 12.3. The number of nitrogens with zero attached hydrogens (tertiary/aromatic N) is 3. The van der Waals surface area contributed by atoms with Gasteiger partial charge >= 0.3 is 0 Å². The van der Waals surface area contributed by atoms with Gasteiger partial charge in [-0.1, -0.05) is 148 Å². The Hall–Kier alpha value is -3.63. The molecule has 180 valence electrons. The summed E-state index contributed by atoms with van der Waals surface area (Å²) in [5, 5.41) is 10.5. The molecule has 0 fully saturated rings. The molecule has 3 nitrogen and oxygen atoms in total. The minimum absolute atomic E-state index is 0.107. The Kier molecular flexibility index (Phi) is 7.06. The van der Waals surface area contributed by atoms with Crippen LogP contribution in [0.25, 0.3) is 11.4 Å². The lowest BCUT2D eigenvalue weighted by atomic mass is 9.87. The second-order valence-corrected chi connectivity index (χ2v) is 11.1. The Morgan fingerprint density at radius 2 is 1.19 bits per heavy atom. The number of thioether (sulfide) groups is 1. The highest BCUT2D eigenvalue weighted by Gasteiger charge is 2.22. The highest BCUT2D eigenvalue weighted by atomic mass is 32.2. The van der Waals surface area contributed by atoms with Crippen LogP contribution in [0.1, 0.15) is 48.3 Å². The van der Waals surface area contributed by atoms with Gasteiger partial charge in [0.05, 0.1) is 11.8 Å². The third kappa shape index (κ3) is 5.44. The molecule has 0 amide bonds. The van der Waals surface area contributed by atoms with Crippen LogP contribution in [-0.2, 0) is 12.0 Å². The lowest BCUT2D eigenvalue weighted by Gasteiger charge is -2.20. The minimum atomic E-state index is 0.107. The van der Waals surface area contributed by atoms with Gasteiger partial charge in [0.15, 0.2) is 11.0 Å².